The third-order valence-electron chi connectivity index (χ3n) is 4.04. The van der Waals surface area contributed by atoms with Crippen LogP contribution in [-0.4, -0.2) is 19.0 Å². The second kappa shape index (κ2) is 7.00. The molecule has 0 aromatic heterocycles. The highest BCUT2D eigenvalue weighted by Crippen LogP contribution is 2.34. The van der Waals surface area contributed by atoms with Gasteiger partial charge in [0, 0.05) is 13.1 Å². The van der Waals surface area contributed by atoms with Crippen LogP contribution in [0.2, 0.25) is 0 Å². The maximum absolute atomic E-state index is 12.0. The maximum Gasteiger partial charge on any atom is 0.224 e. The minimum Gasteiger partial charge on any atom is -0.355 e. The predicted molar refractivity (Wildman–Crippen MR) is 71.7 cm³/mol. The highest BCUT2D eigenvalue weighted by Gasteiger charge is 2.28. The summed E-state index contributed by atoms with van der Waals surface area (Å²) in [7, 11) is 0. The summed E-state index contributed by atoms with van der Waals surface area (Å²) in [4.78, 5) is 12.0. The van der Waals surface area contributed by atoms with Gasteiger partial charge in [0.2, 0.25) is 5.91 Å². The van der Waals surface area contributed by atoms with Crippen molar-refractivity contribution in [3.8, 4) is 0 Å². The van der Waals surface area contributed by atoms with Gasteiger partial charge in [0.25, 0.3) is 0 Å². The van der Waals surface area contributed by atoms with Gasteiger partial charge in [0.15, 0.2) is 0 Å². The van der Waals surface area contributed by atoms with Gasteiger partial charge in [-0.3, -0.25) is 4.79 Å². The Hall–Kier alpha value is -0.570. The summed E-state index contributed by atoms with van der Waals surface area (Å²) in [6.07, 6.45) is 8.38. The fourth-order valence-corrected chi connectivity index (χ4v) is 2.73. The minimum atomic E-state index is 0.00666. The zero-order chi connectivity index (χ0) is 12.7. The van der Waals surface area contributed by atoms with Crippen molar-refractivity contribution in [3.63, 3.8) is 0 Å². The van der Waals surface area contributed by atoms with Gasteiger partial charge in [-0.05, 0) is 24.7 Å². The topological polar surface area (TPSA) is 55.1 Å². The molecule has 0 spiro atoms. The van der Waals surface area contributed by atoms with E-state index in [0.717, 1.165) is 19.4 Å². The zero-order valence-corrected chi connectivity index (χ0v) is 11.4. The molecule has 3 nitrogen and oxygen atoms in total. The summed E-state index contributed by atoms with van der Waals surface area (Å²) in [5.74, 6) is 0.160. The first-order valence-corrected chi connectivity index (χ1v) is 7.09. The van der Waals surface area contributed by atoms with E-state index in [1.54, 1.807) is 0 Å². The van der Waals surface area contributed by atoms with Crippen LogP contribution in [0.3, 0.4) is 0 Å². The number of nitrogens with two attached hydrogens (primary N) is 1. The van der Waals surface area contributed by atoms with Gasteiger partial charge >= 0.3 is 0 Å². The molecule has 1 fully saturated rings. The first-order valence-electron chi connectivity index (χ1n) is 7.09. The Morgan fingerprint density at radius 2 is 2.00 bits per heavy atom. The summed E-state index contributed by atoms with van der Waals surface area (Å²) < 4.78 is 0. The smallest absolute Gasteiger partial charge is 0.224 e. The van der Waals surface area contributed by atoms with Crippen LogP contribution >= 0.6 is 0 Å². The molecule has 0 aliphatic heterocycles. The van der Waals surface area contributed by atoms with Crippen LogP contribution in [0.5, 0.6) is 0 Å². The van der Waals surface area contributed by atoms with Crippen molar-refractivity contribution in [1.29, 1.82) is 0 Å². The number of nitrogens with one attached hydrogen (secondary N) is 1. The van der Waals surface area contributed by atoms with E-state index in [9.17, 15) is 4.79 Å². The molecule has 1 amide bonds. The van der Waals surface area contributed by atoms with Gasteiger partial charge in [-0.1, -0.05) is 39.5 Å². The van der Waals surface area contributed by atoms with Crippen LogP contribution in [0.4, 0.5) is 0 Å². The van der Waals surface area contributed by atoms with Crippen molar-refractivity contribution in [3.05, 3.63) is 0 Å². The summed E-state index contributed by atoms with van der Waals surface area (Å²) in [5, 5.41) is 3.11. The number of carbonyl (C=O) groups excluding carboxylic acids is 1. The average Bonchev–Trinajstić information content (AvgIpc) is 2.34. The highest BCUT2D eigenvalue weighted by molar-refractivity contribution is 5.78. The first kappa shape index (κ1) is 14.5. The van der Waals surface area contributed by atoms with Gasteiger partial charge in [0.1, 0.15) is 0 Å². The quantitative estimate of drug-likeness (QED) is 0.749. The summed E-state index contributed by atoms with van der Waals surface area (Å²) >= 11 is 0. The van der Waals surface area contributed by atoms with Crippen LogP contribution < -0.4 is 11.1 Å². The van der Waals surface area contributed by atoms with E-state index >= 15 is 0 Å². The molecule has 1 atom stereocenters. The molecule has 1 aliphatic carbocycles. The van der Waals surface area contributed by atoms with Crippen molar-refractivity contribution in [2.75, 3.05) is 13.1 Å². The van der Waals surface area contributed by atoms with Crippen LogP contribution in [0, 0.1) is 11.3 Å². The minimum absolute atomic E-state index is 0.00666. The lowest BCUT2D eigenvalue weighted by molar-refractivity contribution is -0.125. The lowest BCUT2D eigenvalue weighted by Crippen LogP contribution is -2.41. The van der Waals surface area contributed by atoms with E-state index in [-0.39, 0.29) is 11.8 Å². The lowest BCUT2D eigenvalue weighted by atomic mass is 9.75. The maximum atomic E-state index is 12.0. The fraction of sp³-hybridized carbons (Fsp3) is 0.929. The normalized spacial score (nSPS) is 20.9. The average molecular weight is 240 g/mol. The van der Waals surface area contributed by atoms with Crippen LogP contribution in [-0.2, 0) is 4.79 Å². The molecular formula is C14H28N2O. The van der Waals surface area contributed by atoms with E-state index in [1.807, 2.05) is 0 Å². The molecule has 0 heterocycles. The third kappa shape index (κ3) is 4.66. The van der Waals surface area contributed by atoms with Crippen molar-refractivity contribution in [2.24, 2.45) is 17.1 Å². The summed E-state index contributed by atoms with van der Waals surface area (Å²) in [5.41, 5.74) is 5.96. The van der Waals surface area contributed by atoms with Gasteiger partial charge in [-0.25, -0.2) is 0 Å². The Bertz CT molecular complexity index is 234. The highest BCUT2D eigenvalue weighted by atomic mass is 16.1. The Balaban J connectivity index is 2.35. The van der Waals surface area contributed by atoms with E-state index < -0.39 is 0 Å². The molecule has 1 unspecified atom stereocenters. The number of amides is 1. The molecular weight excluding hydrogens is 212 g/mol. The van der Waals surface area contributed by atoms with Crippen LogP contribution in [0.15, 0.2) is 0 Å². The van der Waals surface area contributed by atoms with E-state index in [0.29, 0.717) is 12.0 Å². The number of rotatable bonds is 6. The Kier molecular flexibility index (Phi) is 5.96. The third-order valence-corrected chi connectivity index (χ3v) is 4.04. The van der Waals surface area contributed by atoms with Crippen molar-refractivity contribution in [2.45, 2.75) is 58.8 Å². The standard InChI is InChI=1S/C14H28N2O/c1-3-7-12(10-15)13(17)16-11-14(2)8-5-4-6-9-14/h12H,3-11,15H2,1-2H3,(H,16,17). The van der Waals surface area contributed by atoms with Crippen LogP contribution in [0.25, 0.3) is 0 Å². The summed E-state index contributed by atoms with van der Waals surface area (Å²) in [6.45, 7) is 5.69. The molecule has 1 rings (SSSR count). The van der Waals surface area contributed by atoms with E-state index in [4.69, 9.17) is 5.73 Å². The molecule has 100 valence electrons. The van der Waals surface area contributed by atoms with Crippen molar-refractivity contribution < 1.29 is 4.79 Å². The number of hydrogen-bond donors (Lipinski definition) is 2. The van der Waals surface area contributed by atoms with E-state index in [2.05, 4.69) is 19.2 Å². The van der Waals surface area contributed by atoms with Crippen molar-refractivity contribution >= 4 is 5.91 Å². The molecule has 0 saturated heterocycles. The molecule has 17 heavy (non-hydrogen) atoms. The first-order chi connectivity index (χ1) is 8.11. The fourth-order valence-electron chi connectivity index (χ4n) is 2.73. The van der Waals surface area contributed by atoms with Crippen LogP contribution in [0.1, 0.15) is 58.8 Å². The molecule has 1 aliphatic rings. The second-order valence-corrected chi connectivity index (χ2v) is 5.81. The molecule has 3 heteroatoms. The molecule has 0 bridgehead atoms. The van der Waals surface area contributed by atoms with E-state index in [1.165, 1.54) is 32.1 Å². The number of hydrogen-bond acceptors (Lipinski definition) is 2. The Morgan fingerprint density at radius 1 is 1.35 bits per heavy atom. The molecule has 3 N–H and O–H groups in total. The predicted octanol–water partition coefficient (Wildman–Crippen LogP) is 2.45. The molecule has 1 saturated carbocycles. The van der Waals surface area contributed by atoms with Crippen molar-refractivity contribution in [1.82, 2.24) is 5.32 Å². The molecule has 0 aromatic carbocycles. The zero-order valence-electron chi connectivity index (χ0n) is 11.4. The Morgan fingerprint density at radius 3 is 2.53 bits per heavy atom. The van der Waals surface area contributed by atoms with Gasteiger partial charge in [0.05, 0.1) is 5.92 Å². The lowest BCUT2D eigenvalue weighted by Gasteiger charge is -2.34. The van der Waals surface area contributed by atoms with Gasteiger partial charge in [-0.15, -0.1) is 0 Å². The van der Waals surface area contributed by atoms with Gasteiger partial charge in [-0.2, -0.15) is 0 Å². The summed E-state index contributed by atoms with van der Waals surface area (Å²) in [6, 6.07) is 0. The largest absolute Gasteiger partial charge is 0.355 e. The molecule has 0 radical (unpaired) electrons. The van der Waals surface area contributed by atoms with Gasteiger partial charge < -0.3 is 11.1 Å². The SMILES string of the molecule is CCCC(CN)C(=O)NCC1(C)CCCCC1. The molecule has 0 aromatic rings. The Labute approximate surface area is 106 Å². The monoisotopic (exact) mass is 240 g/mol. The number of carbonyl (C=O) groups is 1. The second-order valence-electron chi connectivity index (χ2n) is 5.81.